The first kappa shape index (κ1) is 15.2. The van der Waals surface area contributed by atoms with Gasteiger partial charge in [-0.3, -0.25) is 0 Å². The first-order valence-electron chi connectivity index (χ1n) is 5.81. The van der Waals surface area contributed by atoms with Gasteiger partial charge in [-0.15, -0.1) is 0 Å². The van der Waals surface area contributed by atoms with Crippen LogP contribution in [0.1, 0.15) is 25.8 Å². The number of hydrogen-bond donors (Lipinski definition) is 2. The summed E-state index contributed by atoms with van der Waals surface area (Å²) in [5, 5.41) is 12.6. The molecule has 0 aliphatic rings. The molecule has 96 valence electrons. The molecule has 0 heterocycles. The third kappa shape index (κ3) is 5.51. The summed E-state index contributed by atoms with van der Waals surface area (Å²) < 4.78 is 2.11. The van der Waals surface area contributed by atoms with Gasteiger partial charge in [0.1, 0.15) is 0 Å². The summed E-state index contributed by atoms with van der Waals surface area (Å²) in [6, 6.07) is 6.36. The van der Waals surface area contributed by atoms with Crippen LogP contribution in [0.25, 0.3) is 0 Å². The molecule has 0 amide bonds. The molecule has 4 heteroatoms. The van der Waals surface area contributed by atoms with Gasteiger partial charge in [0, 0.05) is 21.5 Å². The van der Waals surface area contributed by atoms with Crippen LogP contribution in [0.3, 0.4) is 0 Å². The van der Waals surface area contributed by atoms with Crippen molar-refractivity contribution in [2.24, 2.45) is 5.92 Å². The summed E-state index contributed by atoms with van der Waals surface area (Å²) in [6.07, 6.45) is 0.994. The van der Waals surface area contributed by atoms with E-state index in [2.05, 4.69) is 63.2 Å². The van der Waals surface area contributed by atoms with Crippen molar-refractivity contribution in [3.8, 4) is 0 Å². The Labute approximate surface area is 120 Å². The molecule has 0 saturated carbocycles. The van der Waals surface area contributed by atoms with Crippen LogP contribution in [-0.4, -0.2) is 17.8 Å². The highest BCUT2D eigenvalue weighted by Crippen LogP contribution is 2.23. The van der Waals surface area contributed by atoms with Crippen molar-refractivity contribution in [1.29, 1.82) is 0 Å². The second-order valence-electron chi connectivity index (χ2n) is 4.64. The molecule has 17 heavy (non-hydrogen) atoms. The first-order chi connectivity index (χ1) is 8.02. The Hall–Kier alpha value is 0.1000. The second-order valence-corrected chi connectivity index (χ2v) is 6.35. The fourth-order valence-electron chi connectivity index (χ4n) is 1.70. The van der Waals surface area contributed by atoms with E-state index >= 15 is 0 Å². The lowest BCUT2D eigenvalue weighted by Gasteiger charge is -2.18. The zero-order valence-electron chi connectivity index (χ0n) is 10.2. The normalized spacial score (nSPS) is 13.1. The Balaban J connectivity index is 2.50. The minimum absolute atomic E-state index is 0.178. The van der Waals surface area contributed by atoms with E-state index in [1.54, 1.807) is 0 Å². The fraction of sp³-hybridized carbons (Fsp3) is 0.538. The van der Waals surface area contributed by atoms with Gasteiger partial charge in [0.15, 0.2) is 0 Å². The van der Waals surface area contributed by atoms with E-state index in [0.29, 0.717) is 5.92 Å². The van der Waals surface area contributed by atoms with Crippen molar-refractivity contribution >= 4 is 31.9 Å². The highest BCUT2D eigenvalue weighted by atomic mass is 79.9. The average Bonchev–Trinajstić information content (AvgIpc) is 2.28. The molecule has 0 aliphatic carbocycles. The summed E-state index contributed by atoms with van der Waals surface area (Å²) in [5.74, 6) is 0.594. The molecule has 0 saturated heterocycles. The van der Waals surface area contributed by atoms with E-state index in [-0.39, 0.29) is 12.6 Å². The monoisotopic (exact) mass is 363 g/mol. The molecule has 2 N–H and O–H groups in total. The average molecular weight is 365 g/mol. The molecular weight excluding hydrogens is 346 g/mol. The molecule has 0 fully saturated rings. The van der Waals surface area contributed by atoms with Gasteiger partial charge in [-0.05, 0) is 61.9 Å². The van der Waals surface area contributed by atoms with E-state index < -0.39 is 0 Å². The fourth-order valence-corrected chi connectivity index (χ4v) is 2.38. The first-order valence-corrected chi connectivity index (χ1v) is 7.39. The number of benzene rings is 1. The zero-order valence-corrected chi connectivity index (χ0v) is 13.4. The maximum atomic E-state index is 9.27. The molecule has 1 atom stereocenters. The topological polar surface area (TPSA) is 32.3 Å². The molecule has 0 aliphatic heterocycles. The van der Waals surface area contributed by atoms with E-state index in [1.165, 1.54) is 5.56 Å². The summed E-state index contributed by atoms with van der Waals surface area (Å²) in [6.45, 7) is 5.31. The predicted molar refractivity (Wildman–Crippen MR) is 79.0 cm³/mol. The highest BCUT2D eigenvalue weighted by Gasteiger charge is 2.09. The molecule has 2 nitrogen and oxygen atoms in total. The smallest absolute Gasteiger partial charge is 0.0584 e. The van der Waals surface area contributed by atoms with Crippen molar-refractivity contribution < 1.29 is 5.11 Å². The second kappa shape index (κ2) is 7.52. The van der Waals surface area contributed by atoms with Gasteiger partial charge < -0.3 is 10.4 Å². The van der Waals surface area contributed by atoms with Crippen LogP contribution in [0.15, 0.2) is 27.1 Å². The van der Waals surface area contributed by atoms with Gasteiger partial charge in [-0.2, -0.15) is 0 Å². The Morgan fingerprint density at radius 3 is 2.47 bits per heavy atom. The number of hydrogen-bond acceptors (Lipinski definition) is 2. The van der Waals surface area contributed by atoms with E-state index in [0.717, 1.165) is 21.9 Å². The SMILES string of the molecule is CC(C)CC(CO)NCc1ccc(Br)c(Br)c1. The van der Waals surface area contributed by atoms with Gasteiger partial charge >= 0.3 is 0 Å². The quantitative estimate of drug-likeness (QED) is 0.806. The Kier molecular flexibility index (Phi) is 6.70. The standard InChI is InChI=1S/C13H19Br2NO/c1-9(2)5-11(8-17)16-7-10-3-4-12(14)13(15)6-10/h3-4,6,9,11,16-17H,5,7-8H2,1-2H3. The molecule has 0 bridgehead atoms. The largest absolute Gasteiger partial charge is 0.395 e. The van der Waals surface area contributed by atoms with Crippen molar-refractivity contribution in [3.05, 3.63) is 32.7 Å². The number of rotatable bonds is 6. The van der Waals surface area contributed by atoms with E-state index in [1.807, 2.05) is 6.07 Å². The molecule has 1 aromatic carbocycles. The number of nitrogens with one attached hydrogen (secondary N) is 1. The molecule has 1 rings (SSSR count). The van der Waals surface area contributed by atoms with Crippen LogP contribution in [0.2, 0.25) is 0 Å². The Morgan fingerprint density at radius 2 is 1.94 bits per heavy atom. The third-order valence-electron chi connectivity index (χ3n) is 2.56. The van der Waals surface area contributed by atoms with Gasteiger partial charge in [-0.1, -0.05) is 19.9 Å². The van der Waals surface area contributed by atoms with Crippen molar-refractivity contribution in [1.82, 2.24) is 5.32 Å². The maximum Gasteiger partial charge on any atom is 0.0584 e. The van der Waals surface area contributed by atoms with Gasteiger partial charge in [0.05, 0.1) is 6.61 Å². The van der Waals surface area contributed by atoms with Crippen LogP contribution in [0, 0.1) is 5.92 Å². The maximum absolute atomic E-state index is 9.27. The Bertz CT molecular complexity index is 355. The zero-order chi connectivity index (χ0) is 12.8. The van der Waals surface area contributed by atoms with E-state index in [9.17, 15) is 5.11 Å². The third-order valence-corrected chi connectivity index (χ3v) is 4.43. The molecule has 0 spiro atoms. The lowest BCUT2D eigenvalue weighted by molar-refractivity contribution is 0.223. The van der Waals surface area contributed by atoms with Crippen LogP contribution >= 0.6 is 31.9 Å². The molecule has 0 aromatic heterocycles. The molecule has 1 unspecified atom stereocenters. The number of halogens is 2. The van der Waals surface area contributed by atoms with Crippen molar-refractivity contribution in [2.75, 3.05) is 6.61 Å². The lowest BCUT2D eigenvalue weighted by atomic mass is 10.0. The highest BCUT2D eigenvalue weighted by molar-refractivity contribution is 9.13. The molecule has 1 aromatic rings. The molecule has 0 radical (unpaired) electrons. The summed E-state index contributed by atoms with van der Waals surface area (Å²) in [5.41, 5.74) is 1.21. The summed E-state index contributed by atoms with van der Waals surface area (Å²) in [7, 11) is 0. The number of aliphatic hydroxyl groups excluding tert-OH is 1. The van der Waals surface area contributed by atoms with Crippen LogP contribution in [-0.2, 0) is 6.54 Å². The van der Waals surface area contributed by atoms with Gasteiger partial charge in [0.2, 0.25) is 0 Å². The Morgan fingerprint density at radius 1 is 1.24 bits per heavy atom. The predicted octanol–water partition coefficient (Wildman–Crippen LogP) is 3.71. The summed E-state index contributed by atoms with van der Waals surface area (Å²) >= 11 is 6.93. The number of aliphatic hydroxyl groups is 1. The minimum Gasteiger partial charge on any atom is -0.395 e. The van der Waals surface area contributed by atoms with Crippen molar-refractivity contribution in [2.45, 2.75) is 32.9 Å². The molecular formula is C13H19Br2NO. The van der Waals surface area contributed by atoms with Crippen LogP contribution in [0.5, 0.6) is 0 Å². The summed E-state index contributed by atoms with van der Waals surface area (Å²) in [4.78, 5) is 0. The minimum atomic E-state index is 0.178. The van der Waals surface area contributed by atoms with Gasteiger partial charge in [0.25, 0.3) is 0 Å². The van der Waals surface area contributed by atoms with Gasteiger partial charge in [-0.25, -0.2) is 0 Å². The lowest BCUT2D eigenvalue weighted by Crippen LogP contribution is -2.33. The van der Waals surface area contributed by atoms with Crippen LogP contribution in [0.4, 0.5) is 0 Å². The van der Waals surface area contributed by atoms with E-state index in [4.69, 9.17) is 0 Å². The van der Waals surface area contributed by atoms with Crippen molar-refractivity contribution in [3.63, 3.8) is 0 Å². The van der Waals surface area contributed by atoms with Crippen LogP contribution < -0.4 is 5.32 Å².